The van der Waals surface area contributed by atoms with Gasteiger partial charge >= 0.3 is 0 Å². The van der Waals surface area contributed by atoms with E-state index in [2.05, 4.69) is 13.0 Å². The summed E-state index contributed by atoms with van der Waals surface area (Å²) in [6, 6.07) is 6.13. The SMILES string of the molecule is CCCC(N)c1ccc2c(c1)CN(S(C)(=O)=O)C2. The average Bonchev–Trinajstić information content (AvgIpc) is 2.71. The van der Waals surface area contributed by atoms with E-state index in [1.165, 1.54) is 10.6 Å². The van der Waals surface area contributed by atoms with Crippen molar-refractivity contribution in [1.29, 1.82) is 0 Å². The lowest BCUT2D eigenvalue weighted by Crippen LogP contribution is -2.23. The average molecular weight is 268 g/mol. The van der Waals surface area contributed by atoms with Crippen LogP contribution in [0.1, 0.15) is 42.5 Å². The summed E-state index contributed by atoms with van der Waals surface area (Å²) in [6.07, 6.45) is 3.25. The fraction of sp³-hybridized carbons (Fsp3) is 0.538. The third kappa shape index (κ3) is 2.74. The van der Waals surface area contributed by atoms with E-state index in [9.17, 15) is 8.42 Å². The van der Waals surface area contributed by atoms with Crippen molar-refractivity contribution in [2.45, 2.75) is 38.9 Å². The second-order valence-corrected chi connectivity index (χ2v) is 6.94. The van der Waals surface area contributed by atoms with E-state index in [1.54, 1.807) is 0 Å². The maximum Gasteiger partial charge on any atom is 0.211 e. The predicted molar refractivity (Wildman–Crippen MR) is 72.4 cm³/mol. The van der Waals surface area contributed by atoms with Crippen LogP contribution in [-0.4, -0.2) is 19.0 Å². The van der Waals surface area contributed by atoms with Gasteiger partial charge in [0, 0.05) is 19.1 Å². The van der Waals surface area contributed by atoms with E-state index in [4.69, 9.17) is 5.73 Å². The van der Waals surface area contributed by atoms with Gasteiger partial charge in [-0.2, -0.15) is 4.31 Å². The molecular formula is C13H20N2O2S. The number of benzene rings is 1. The molecule has 0 saturated heterocycles. The van der Waals surface area contributed by atoms with Crippen molar-refractivity contribution < 1.29 is 8.42 Å². The Morgan fingerprint density at radius 1 is 1.33 bits per heavy atom. The molecule has 0 saturated carbocycles. The van der Waals surface area contributed by atoms with Crippen LogP contribution in [0.15, 0.2) is 18.2 Å². The zero-order valence-corrected chi connectivity index (χ0v) is 11.7. The molecule has 0 amide bonds. The van der Waals surface area contributed by atoms with Crippen LogP contribution in [0.5, 0.6) is 0 Å². The summed E-state index contributed by atoms with van der Waals surface area (Å²) in [7, 11) is -3.11. The molecule has 2 N–H and O–H groups in total. The lowest BCUT2D eigenvalue weighted by molar-refractivity contribution is 0.436. The van der Waals surface area contributed by atoms with Gasteiger partial charge in [0.1, 0.15) is 0 Å². The van der Waals surface area contributed by atoms with E-state index in [1.807, 2.05) is 12.1 Å². The highest BCUT2D eigenvalue weighted by atomic mass is 32.2. The Morgan fingerprint density at radius 3 is 2.61 bits per heavy atom. The standard InChI is InChI=1S/C13H20N2O2S/c1-3-4-13(14)10-5-6-11-8-15(18(2,16)17)9-12(11)7-10/h5-7,13H,3-4,8-9,14H2,1-2H3. The molecule has 0 spiro atoms. The van der Waals surface area contributed by atoms with Crippen LogP contribution in [0.2, 0.25) is 0 Å². The second-order valence-electron chi connectivity index (χ2n) is 4.95. The molecule has 4 nitrogen and oxygen atoms in total. The largest absolute Gasteiger partial charge is 0.324 e. The van der Waals surface area contributed by atoms with E-state index in [0.717, 1.165) is 29.5 Å². The van der Waals surface area contributed by atoms with Gasteiger partial charge in [0.05, 0.1) is 6.26 Å². The molecule has 5 heteroatoms. The van der Waals surface area contributed by atoms with Crippen molar-refractivity contribution in [2.75, 3.05) is 6.26 Å². The molecule has 0 aliphatic carbocycles. The van der Waals surface area contributed by atoms with E-state index in [-0.39, 0.29) is 6.04 Å². The van der Waals surface area contributed by atoms with Gasteiger partial charge in [-0.3, -0.25) is 0 Å². The summed E-state index contributed by atoms with van der Waals surface area (Å²) in [5.41, 5.74) is 9.37. The topological polar surface area (TPSA) is 63.4 Å². The first-order valence-electron chi connectivity index (χ1n) is 6.24. The second kappa shape index (κ2) is 4.99. The number of rotatable bonds is 4. The zero-order chi connectivity index (χ0) is 13.3. The summed E-state index contributed by atoms with van der Waals surface area (Å²) < 4.78 is 24.5. The van der Waals surface area contributed by atoms with Crippen LogP contribution in [0.3, 0.4) is 0 Å². The predicted octanol–water partition coefficient (Wildman–Crippen LogP) is 1.76. The van der Waals surface area contributed by atoms with Crippen LogP contribution >= 0.6 is 0 Å². The van der Waals surface area contributed by atoms with Crippen molar-refractivity contribution >= 4 is 10.0 Å². The monoisotopic (exact) mass is 268 g/mol. The highest BCUT2D eigenvalue weighted by Crippen LogP contribution is 2.28. The molecule has 1 aromatic carbocycles. The molecule has 1 aliphatic rings. The first kappa shape index (κ1) is 13.5. The molecule has 100 valence electrons. The Labute approximate surface area is 109 Å². The Bertz CT molecular complexity index is 540. The number of nitrogens with two attached hydrogens (primary N) is 1. The van der Waals surface area contributed by atoms with Gasteiger partial charge in [0.2, 0.25) is 10.0 Å². The summed E-state index contributed by atoms with van der Waals surface area (Å²) in [4.78, 5) is 0. The fourth-order valence-corrected chi connectivity index (χ4v) is 3.07. The van der Waals surface area contributed by atoms with Gasteiger partial charge in [-0.05, 0) is 23.1 Å². The maximum absolute atomic E-state index is 11.5. The molecule has 1 aromatic rings. The van der Waals surface area contributed by atoms with Crippen molar-refractivity contribution in [1.82, 2.24) is 4.31 Å². The normalized spacial score (nSPS) is 17.7. The summed E-state index contributed by atoms with van der Waals surface area (Å²) in [5, 5.41) is 0. The van der Waals surface area contributed by atoms with Gasteiger partial charge in [-0.1, -0.05) is 31.5 Å². The first-order valence-corrected chi connectivity index (χ1v) is 8.09. The first-order chi connectivity index (χ1) is 8.41. The third-order valence-electron chi connectivity index (χ3n) is 3.42. The van der Waals surface area contributed by atoms with Crippen molar-refractivity contribution in [3.63, 3.8) is 0 Å². The Kier molecular flexibility index (Phi) is 3.75. The van der Waals surface area contributed by atoms with Crippen LogP contribution < -0.4 is 5.73 Å². The minimum absolute atomic E-state index is 0.0487. The van der Waals surface area contributed by atoms with E-state index >= 15 is 0 Å². The van der Waals surface area contributed by atoms with Crippen LogP contribution in [0, 0.1) is 0 Å². The number of sulfonamides is 1. The van der Waals surface area contributed by atoms with Crippen LogP contribution in [-0.2, 0) is 23.1 Å². The van der Waals surface area contributed by atoms with Gasteiger partial charge in [0.15, 0.2) is 0 Å². The smallest absolute Gasteiger partial charge is 0.211 e. The molecule has 0 fully saturated rings. The summed E-state index contributed by atoms with van der Waals surface area (Å²) in [5.74, 6) is 0. The highest BCUT2D eigenvalue weighted by Gasteiger charge is 2.26. The number of hydrogen-bond acceptors (Lipinski definition) is 3. The van der Waals surface area contributed by atoms with Crippen molar-refractivity contribution in [3.8, 4) is 0 Å². The molecule has 1 heterocycles. The molecule has 2 rings (SSSR count). The van der Waals surface area contributed by atoms with E-state index in [0.29, 0.717) is 13.1 Å². The van der Waals surface area contributed by atoms with Gasteiger partial charge < -0.3 is 5.73 Å². The summed E-state index contributed by atoms with van der Waals surface area (Å²) >= 11 is 0. The molecule has 0 bridgehead atoms. The Balaban J connectivity index is 2.22. The molecule has 0 aromatic heterocycles. The van der Waals surface area contributed by atoms with E-state index < -0.39 is 10.0 Å². The van der Waals surface area contributed by atoms with Crippen LogP contribution in [0.25, 0.3) is 0 Å². The zero-order valence-electron chi connectivity index (χ0n) is 10.9. The number of fused-ring (bicyclic) bond motifs is 1. The molecule has 1 aliphatic heterocycles. The highest BCUT2D eigenvalue weighted by molar-refractivity contribution is 7.88. The minimum atomic E-state index is -3.11. The number of hydrogen-bond donors (Lipinski definition) is 1. The van der Waals surface area contributed by atoms with Gasteiger partial charge in [-0.15, -0.1) is 0 Å². The molecular weight excluding hydrogens is 248 g/mol. The number of nitrogens with zero attached hydrogens (tertiary/aromatic N) is 1. The van der Waals surface area contributed by atoms with Gasteiger partial charge in [-0.25, -0.2) is 8.42 Å². The summed E-state index contributed by atoms with van der Waals surface area (Å²) in [6.45, 7) is 3.07. The minimum Gasteiger partial charge on any atom is -0.324 e. The quantitative estimate of drug-likeness (QED) is 0.905. The van der Waals surface area contributed by atoms with Crippen LogP contribution in [0.4, 0.5) is 0 Å². The Morgan fingerprint density at radius 2 is 2.00 bits per heavy atom. The van der Waals surface area contributed by atoms with Crippen molar-refractivity contribution in [3.05, 3.63) is 34.9 Å². The Hall–Kier alpha value is -0.910. The maximum atomic E-state index is 11.5. The molecule has 0 radical (unpaired) electrons. The lowest BCUT2D eigenvalue weighted by atomic mass is 9.99. The molecule has 18 heavy (non-hydrogen) atoms. The molecule has 1 atom stereocenters. The lowest BCUT2D eigenvalue weighted by Gasteiger charge is -2.12. The third-order valence-corrected chi connectivity index (χ3v) is 4.62. The van der Waals surface area contributed by atoms with Crippen molar-refractivity contribution in [2.24, 2.45) is 5.73 Å². The molecule has 1 unspecified atom stereocenters. The van der Waals surface area contributed by atoms with Gasteiger partial charge in [0.25, 0.3) is 0 Å². The fourth-order valence-electron chi connectivity index (χ4n) is 2.33.